The number of anilines is 1. The molecule has 3 rings (SSSR count). The maximum atomic E-state index is 13.1. The van der Waals surface area contributed by atoms with Crippen LogP contribution < -0.4 is 10.1 Å². The number of nitrogens with one attached hydrogen (secondary N) is 1. The molecule has 148 valence electrons. The molecule has 0 spiro atoms. The van der Waals surface area contributed by atoms with E-state index in [0.29, 0.717) is 28.1 Å². The van der Waals surface area contributed by atoms with E-state index >= 15 is 0 Å². The van der Waals surface area contributed by atoms with Gasteiger partial charge in [0, 0.05) is 11.1 Å². The number of ether oxygens (including phenoxy) is 1. The fraction of sp³-hybridized carbons (Fsp3) is 0.200. The molecule has 0 fully saturated rings. The molecule has 0 heterocycles. The highest BCUT2D eigenvalue weighted by atomic mass is 16.5. The lowest BCUT2D eigenvalue weighted by molar-refractivity contribution is 0.0996. The van der Waals surface area contributed by atoms with Gasteiger partial charge in [-0.1, -0.05) is 75.4 Å². The van der Waals surface area contributed by atoms with Gasteiger partial charge in [-0.2, -0.15) is 0 Å². The third kappa shape index (κ3) is 4.54. The number of carbonyl (C=O) groups is 2. The van der Waals surface area contributed by atoms with Crippen molar-refractivity contribution in [3.05, 3.63) is 95.1 Å². The minimum absolute atomic E-state index is 0.0765. The number of hydrogen-bond acceptors (Lipinski definition) is 3. The van der Waals surface area contributed by atoms with Crippen LogP contribution in [0.15, 0.2) is 72.8 Å². The predicted molar refractivity (Wildman–Crippen MR) is 116 cm³/mol. The molecule has 0 saturated carbocycles. The first kappa shape index (κ1) is 20.3. The summed E-state index contributed by atoms with van der Waals surface area (Å²) in [7, 11) is 1.56. The third-order valence-electron chi connectivity index (χ3n) is 4.77. The largest absolute Gasteiger partial charge is 0.495 e. The third-order valence-corrected chi connectivity index (χ3v) is 4.77. The van der Waals surface area contributed by atoms with Crippen molar-refractivity contribution in [2.45, 2.75) is 26.2 Å². The van der Waals surface area contributed by atoms with Crippen molar-refractivity contribution in [1.82, 2.24) is 0 Å². The molecule has 3 aromatic rings. The number of rotatable bonds is 5. The van der Waals surface area contributed by atoms with Gasteiger partial charge in [0.2, 0.25) is 0 Å². The molecule has 3 aromatic carbocycles. The Kier molecular flexibility index (Phi) is 5.83. The van der Waals surface area contributed by atoms with Gasteiger partial charge >= 0.3 is 0 Å². The van der Waals surface area contributed by atoms with Gasteiger partial charge in [0.05, 0.1) is 18.4 Å². The van der Waals surface area contributed by atoms with Crippen LogP contribution in [0.4, 0.5) is 5.69 Å². The van der Waals surface area contributed by atoms with E-state index in [1.807, 2.05) is 24.3 Å². The van der Waals surface area contributed by atoms with Crippen molar-refractivity contribution < 1.29 is 14.3 Å². The second-order valence-electron chi connectivity index (χ2n) is 7.86. The highest BCUT2D eigenvalue weighted by Gasteiger charge is 2.21. The first-order valence-corrected chi connectivity index (χ1v) is 9.50. The molecule has 4 nitrogen and oxygen atoms in total. The minimum Gasteiger partial charge on any atom is -0.495 e. The van der Waals surface area contributed by atoms with E-state index in [2.05, 4.69) is 26.1 Å². The average Bonchev–Trinajstić information content (AvgIpc) is 2.73. The van der Waals surface area contributed by atoms with Gasteiger partial charge < -0.3 is 10.1 Å². The molecule has 0 radical (unpaired) electrons. The van der Waals surface area contributed by atoms with Gasteiger partial charge in [-0.15, -0.1) is 0 Å². The Morgan fingerprint density at radius 1 is 0.828 bits per heavy atom. The standard InChI is InChI=1S/C25H25NO3/c1-25(2,3)18-14-15-22(29-4)21(16-18)26-24(28)20-13-9-8-12-19(20)23(27)17-10-6-5-7-11-17/h5-16H,1-4H3,(H,26,28). The smallest absolute Gasteiger partial charge is 0.256 e. The lowest BCUT2D eigenvalue weighted by Gasteiger charge is -2.21. The Labute approximate surface area is 171 Å². The Balaban J connectivity index is 1.96. The van der Waals surface area contributed by atoms with E-state index in [0.717, 1.165) is 5.56 Å². The molecule has 0 aliphatic rings. The van der Waals surface area contributed by atoms with E-state index in [-0.39, 0.29) is 17.1 Å². The van der Waals surface area contributed by atoms with Crippen molar-refractivity contribution in [2.75, 3.05) is 12.4 Å². The number of methoxy groups -OCH3 is 1. The van der Waals surface area contributed by atoms with Crippen molar-refractivity contribution in [3.63, 3.8) is 0 Å². The fourth-order valence-corrected chi connectivity index (χ4v) is 3.09. The summed E-state index contributed by atoms with van der Waals surface area (Å²) in [5.41, 5.74) is 2.80. The van der Waals surface area contributed by atoms with Crippen LogP contribution in [0.25, 0.3) is 0 Å². The number of carbonyl (C=O) groups excluding carboxylic acids is 2. The number of benzene rings is 3. The minimum atomic E-state index is -0.353. The van der Waals surface area contributed by atoms with Crippen LogP contribution in [0.3, 0.4) is 0 Å². The zero-order valence-corrected chi connectivity index (χ0v) is 17.2. The van der Waals surface area contributed by atoms with Gasteiger partial charge in [0.1, 0.15) is 5.75 Å². The SMILES string of the molecule is COc1ccc(C(C)(C)C)cc1NC(=O)c1ccccc1C(=O)c1ccccc1. The van der Waals surface area contributed by atoms with E-state index in [9.17, 15) is 9.59 Å². The molecule has 29 heavy (non-hydrogen) atoms. The quantitative estimate of drug-likeness (QED) is 0.590. The Morgan fingerprint density at radius 2 is 1.45 bits per heavy atom. The van der Waals surface area contributed by atoms with Crippen molar-refractivity contribution in [3.8, 4) is 5.75 Å². The van der Waals surface area contributed by atoms with Gasteiger partial charge in [-0.05, 0) is 29.2 Å². The summed E-state index contributed by atoms with van der Waals surface area (Å²) in [6.07, 6.45) is 0. The van der Waals surface area contributed by atoms with E-state index in [4.69, 9.17) is 4.74 Å². The van der Waals surface area contributed by atoms with E-state index < -0.39 is 0 Å². The molecule has 0 aromatic heterocycles. The highest BCUT2D eigenvalue weighted by Crippen LogP contribution is 2.32. The summed E-state index contributed by atoms with van der Waals surface area (Å²) in [5.74, 6) is 0.0271. The monoisotopic (exact) mass is 387 g/mol. The van der Waals surface area contributed by atoms with Crippen LogP contribution in [0.2, 0.25) is 0 Å². The molecule has 0 bridgehead atoms. The molecule has 0 atom stereocenters. The van der Waals surface area contributed by atoms with E-state index in [1.165, 1.54) is 0 Å². The predicted octanol–water partition coefficient (Wildman–Crippen LogP) is 5.48. The molecular formula is C25H25NO3. The molecule has 0 saturated heterocycles. The molecule has 1 amide bonds. The number of ketones is 1. The van der Waals surface area contributed by atoms with Crippen molar-refractivity contribution in [2.24, 2.45) is 0 Å². The van der Waals surface area contributed by atoms with Gasteiger partial charge in [-0.25, -0.2) is 0 Å². The van der Waals surface area contributed by atoms with Crippen LogP contribution >= 0.6 is 0 Å². The van der Waals surface area contributed by atoms with Crippen molar-refractivity contribution in [1.29, 1.82) is 0 Å². The second-order valence-corrected chi connectivity index (χ2v) is 7.86. The molecule has 1 N–H and O–H groups in total. The van der Waals surface area contributed by atoms with Gasteiger partial charge in [0.25, 0.3) is 5.91 Å². The maximum Gasteiger partial charge on any atom is 0.256 e. The van der Waals surface area contributed by atoms with Crippen LogP contribution in [0, 0.1) is 0 Å². The highest BCUT2D eigenvalue weighted by molar-refractivity contribution is 6.17. The fourth-order valence-electron chi connectivity index (χ4n) is 3.09. The summed E-state index contributed by atoms with van der Waals surface area (Å²) >= 11 is 0. The summed E-state index contributed by atoms with van der Waals surface area (Å²) in [5, 5.41) is 2.92. The van der Waals surface area contributed by atoms with Gasteiger partial charge in [0.15, 0.2) is 5.78 Å². The summed E-state index contributed by atoms with van der Waals surface area (Å²) in [6, 6.07) is 21.5. The van der Waals surface area contributed by atoms with Crippen LogP contribution in [-0.4, -0.2) is 18.8 Å². The van der Waals surface area contributed by atoms with Crippen molar-refractivity contribution >= 4 is 17.4 Å². The first-order chi connectivity index (χ1) is 13.8. The molecule has 0 aliphatic heterocycles. The summed E-state index contributed by atoms with van der Waals surface area (Å²) in [6.45, 7) is 6.32. The lowest BCUT2D eigenvalue weighted by atomic mass is 9.86. The normalized spacial score (nSPS) is 11.0. The molecule has 0 aliphatic carbocycles. The van der Waals surface area contributed by atoms with E-state index in [1.54, 1.807) is 55.6 Å². The van der Waals surface area contributed by atoms with Gasteiger partial charge in [-0.3, -0.25) is 9.59 Å². The average molecular weight is 387 g/mol. The second kappa shape index (κ2) is 8.31. The number of hydrogen-bond donors (Lipinski definition) is 1. The molecular weight excluding hydrogens is 362 g/mol. The zero-order valence-electron chi connectivity index (χ0n) is 17.2. The Morgan fingerprint density at radius 3 is 2.07 bits per heavy atom. The van der Waals surface area contributed by atoms with Crippen LogP contribution in [0.1, 0.15) is 52.6 Å². The lowest BCUT2D eigenvalue weighted by Crippen LogP contribution is -2.18. The molecule has 0 unspecified atom stereocenters. The summed E-state index contributed by atoms with van der Waals surface area (Å²) < 4.78 is 5.42. The zero-order chi connectivity index (χ0) is 21.0. The number of amides is 1. The Hall–Kier alpha value is -3.40. The maximum absolute atomic E-state index is 13.1. The van der Waals surface area contributed by atoms with Crippen LogP contribution in [-0.2, 0) is 5.41 Å². The Bertz CT molecular complexity index is 1030. The molecule has 4 heteroatoms. The topological polar surface area (TPSA) is 55.4 Å². The first-order valence-electron chi connectivity index (χ1n) is 9.50. The summed E-state index contributed by atoms with van der Waals surface area (Å²) in [4.78, 5) is 26.0. The van der Waals surface area contributed by atoms with Crippen LogP contribution in [0.5, 0.6) is 5.75 Å².